The van der Waals surface area contributed by atoms with Crippen molar-refractivity contribution in [3.63, 3.8) is 0 Å². The second-order valence-corrected chi connectivity index (χ2v) is 10.1. The highest BCUT2D eigenvalue weighted by Crippen LogP contribution is 2.36. The number of ketones is 1. The number of hydrogen-bond donors (Lipinski definition) is 1. The summed E-state index contributed by atoms with van der Waals surface area (Å²) in [6.07, 6.45) is 0.102. The maximum atomic E-state index is 13.1. The van der Waals surface area contributed by atoms with E-state index < -0.39 is 22.7 Å². The first kappa shape index (κ1) is 26.3. The maximum absolute atomic E-state index is 13.1. The average molecular weight is 558 g/mol. The summed E-state index contributed by atoms with van der Waals surface area (Å²) in [6, 6.07) is 3.12. The van der Waals surface area contributed by atoms with E-state index in [-0.39, 0.29) is 39.4 Å². The Morgan fingerprint density at radius 3 is 2.58 bits per heavy atom. The molecule has 1 fully saturated rings. The Labute approximate surface area is 218 Å². The fourth-order valence-corrected chi connectivity index (χ4v) is 5.21. The van der Waals surface area contributed by atoms with E-state index in [4.69, 9.17) is 23.2 Å². The fourth-order valence-electron chi connectivity index (χ4n) is 3.80. The summed E-state index contributed by atoms with van der Waals surface area (Å²) < 4.78 is 39.2. The van der Waals surface area contributed by atoms with Crippen LogP contribution in [-0.4, -0.2) is 39.7 Å². The molecule has 1 aliphatic heterocycles. The van der Waals surface area contributed by atoms with Crippen LogP contribution in [0.3, 0.4) is 0 Å². The summed E-state index contributed by atoms with van der Waals surface area (Å²) in [5.41, 5.74) is -0.962. The molecule has 1 unspecified atom stereocenters. The summed E-state index contributed by atoms with van der Waals surface area (Å²) in [4.78, 5) is 40.3. The standard InChI is InChI=1S/C23H20Cl2F3N5O2S/c1-12(8-16(34)19-18(25)20(31-11-30-19)33-6-2-3-7-33)22-29-10-17(36-22)21(35)32-13-4-5-15(24)14(9-13)23(26,27)28/h4-5,9-12H,2-3,6-8H2,1H3,(H,32,35). The summed E-state index contributed by atoms with van der Waals surface area (Å²) in [6.45, 7) is 3.42. The number of nitrogens with one attached hydrogen (secondary N) is 1. The Kier molecular flexibility index (Phi) is 7.82. The number of thiazole rings is 1. The highest BCUT2D eigenvalue weighted by atomic mass is 35.5. The van der Waals surface area contributed by atoms with E-state index in [0.717, 1.165) is 49.4 Å². The van der Waals surface area contributed by atoms with Crippen molar-refractivity contribution >= 4 is 57.7 Å². The third-order valence-electron chi connectivity index (χ3n) is 5.63. The minimum atomic E-state index is -4.65. The molecule has 0 radical (unpaired) electrons. The molecule has 36 heavy (non-hydrogen) atoms. The lowest BCUT2D eigenvalue weighted by atomic mass is 10.0. The van der Waals surface area contributed by atoms with Gasteiger partial charge in [0.1, 0.15) is 21.9 Å². The van der Waals surface area contributed by atoms with Crippen molar-refractivity contribution < 1.29 is 22.8 Å². The number of halogens is 5. The predicted molar refractivity (Wildman–Crippen MR) is 132 cm³/mol. The molecule has 13 heteroatoms. The van der Waals surface area contributed by atoms with Gasteiger partial charge in [0.15, 0.2) is 11.6 Å². The first-order chi connectivity index (χ1) is 17.0. The third-order valence-corrected chi connectivity index (χ3v) is 7.54. The van der Waals surface area contributed by atoms with Crippen LogP contribution in [-0.2, 0) is 6.18 Å². The molecule has 0 spiro atoms. The van der Waals surface area contributed by atoms with Gasteiger partial charge in [0.25, 0.3) is 5.91 Å². The minimum Gasteiger partial charge on any atom is -0.355 e. The topological polar surface area (TPSA) is 88.1 Å². The van der Waals surface area contributed by atoms with Gasteiger partial charge in [-0.05, 0) is 31.0 Å². The second kappa shape index (κ2) is 10.7. The Bertz CT molecular complexity index is 1290. The monoisotopic (exact) mass is 557 g/mol. The normalized spacial score (nSPS) is 14.7. The molecule has 190 valence electrons. The molecule has 3 aromatic rings. The van der Waals surface area contributed by atoms with Gasteiger partial charge in [0.05, 0.1) is 21.8 Å². The minimum absolute atomic E-state index is 0.0525. The van der Waals surface area contributed by atoms with Crippen molar-refractivity contribution in [1.29, 1.82) is 0 Å². The van der Waals surface area contributed by atoms with Crippen LogP contribution >= 0.6 is 34.5 Å². The van der Waals surface area contributed by atoms with Crippen molar-refractivity contribution in [2.45, 2.75) is 38.3 Å². The number of carbonyl (C=O) groups is 2. The summed E-state index contributed by atoms with van der Waals surface area (Å²) in [7, 11) is 0. The molecule has 1 N–H and O–H groups in total. The summed E-state index contributed by atoms with van der Waals surface area (Å²) in [5.74, 6) is -0.707. The molecule has 0 aliphatic carbocycles. The number of Topliss-reactive ketones (excluding diaryl/α,β-unsaturated/α-hetero) is 1. The first-order valence-electron chi connectivity index (χ1n) is 11.0. The van der Waals surface area contributed by atoms with Crippen LogP contribution in [0.4, 0.5) is 24.7 Å². The molecule has 0 saturated carbocycles. The number of carbonyl (C=O) groups excluding carboxylic acids is 2. The highest BCUT2D eigenvalue weighted by Gasteiger charge is 2.33. The zero-order valence-corrected chi connectivity index (χ0v) is 21.2. The van der Waals surface area contributed by atoms with E-state index in [2.05, 4.69) is 20.3 Å². The second-order valence-electron chi connectivity index (χ2n) is 8.29. The number of anilines is 2. The van der Waals surface area contributed by atoms with E-state index >= 15 is 0 Å². The molecule has 1 aromatic carbocycles. The van der Waals surface area contributed by atoms with Crippen molar-refractivity contribution in [2.75, 3.05) is 23.3 Å². The lowest BCUT2D eigenvalue weighted by Gasteiger charge is -2.18. The molecule has 3 heterocycles. The lowest BCUT2D eigenvalue weighted by Crippen LogP contribution is -2.21. The SMILES string of the molecule is CC(CC(=O)c1ncnc(N2CCCC2)c1Cl)c1ncc(C(=O)Nc2ccc(Cl)c(C(F)(F)F)c2)s1. The molecular formula is C23H20Cl2F3N5O2S. The molecular weight excluding hydrogens is 538 g/mol. The number of aromatic nitrogens is 3. The Morgan fingerprint density at radius 1 is 1.17 bits per heavy atom. The predicted octanol–water partition coefficient (Wildman–Crippen LogP) is 6.49. The van der Waals surface area contributed by atoms with E-state index in [9.17, 15) is 22.8 Å². The highest BCUT2D eigenvalue weighted by molar-refractivity contribution is 7.13. The Hall–Kier alpha value is -2.76. The first-order valence-corrected chi connectivity index (χ1v) is 12.5. The van der Waals surface area contributed by atoms with Crippen molar-refractivity contribution in [2.24, 2.45) is 0 Å². The van der Waals surface area contributed by atoms with Gasteiger partial charge in [0, 0.05) is 31.1 Å². The molecule has 1 atom stereocenters. The van der Waals surface area contributed by atoms with Crippen LogP contribution in [0.15, 0.2) is 30.7 Å². The molecule has 1 saturated heterocycles. The Balaban J connectivity index is 1.43. The maximum Gasteiger partial charge on any atom is 0.417 e. The van der Waals surface area contributed by atoms with Crippen LogP contribution < -0.4 is 10.2 Å². The van der Waals surface area contributed by atoms with E-state index in [1.807, 2.05) is 4.90 Å². The molecule has 7 nitrogen and oxygen atoms in total. The van der Waals surface area contributed by atoms with Crippen molar-refractivity contribution in [3.05, 3.63) is 61.9 Å². The van der Waals surface area contributed by atoms with Gasteiger partial charge >= 0.3 is 6.18 Å². The van der Waals surface area contributed by atoms with Crippen molar-refractivity contribution in [3.8, 4) is 0 Å². The average Bonchev–Trinajstić information content (AvgIpc) is 3.52. The number of benzene rings is 1. The van der Waals surface area contributed by atoms with Gasteiger partial charge in [-0.25, -0.2) is 15.0 Å². The lowest BCUT2D eigenvalue weighted by molar-refractivity contribution is -0.137. The van der Waals surface area contributed by atoms with Gasteiger partial charge in [-0.2, -0.15) is 13.2 Å². The Morgan fingerprint density at radius 2 is 1.89 bits per heavy atom. The number of nitrogens with zero attached hydrogens (tertiary/aromatic N) is 4. The number of amides is 1. The van der Waals surface area contributed by atoms with Gasteiger partial charge in [-0.15, -0.1) is 11.3 Å². The number of alkyl halides is 3. The molecule has 1 amide bonds. The number of hydrogen-bond acceptors (Lipinski definition) is 7. The van der Waals surface area contributed by atoms with Crippen molar-refractivity contribution in [1.82, 2.24) is 15.0 Å². The molecule has 2 aromatic heterocycles. The zero-order valence-electron chi connectivity index (χ0n) is 18.9. The summed E-state index contributed by atoms with van der Waals surface area (Å²) >= 11 is 13.1. The quantitative estimate of drug-likeness (QED) is 0.334. The zero-order chi connectivity index (χ0) is 26.0. The van der Waals surface area contributed by atoms with Crippen LogP contribution in [0.1, 0.15) is 62.8 Å². The third kappa shape index (κ3) is 5.79. The van der Waals surface area contributed by atoms with Crippen LogP contribution in [0.25, 0.3) is 0 Å². The largest absolute Gasteiger partial charge is 0.417 e. The molecule has 1 aliphatic rings. The summed E-state index contributed by atoms with van der Waals surface area (Å²) in [5, 5.41) is 2.70. The van der Waals surface area contributed by atoms with Crippen LogP contribution in [0.5, 0.6) is 0 Å². The molecule has 0 bridgehead atoms. The van der Waals surface area contributed by atoms with Crippen LogP contribution in [0, 0.1) is 0 Å². The van der Waals surface area contributed by atoms with Gasteiger partial charge in [-0.1, -0.05) is 30.1 Å². The van der Waals surface area contributed by atoms with E-state index in [1.165, 1.54) is 18.6 Å². The number of rotatable bonds is 7. The molecule has 4 rings (SSSR count). The van der Waals surface area contributed by atoms with Gasteiger partial charge in [-0.3, -0.25) is 9.59 Å². The van der Waals surface area contributed by atoms with Gasteiger partial charge in [0.2, 0.25) is 0 Å². The van der Waals surface area contributed by atoms with E-state index in [1.54, 1.807) is 6.92 Å². The van der Waals surface area contributed by atoms with Crippen LogP contribution in [0.2, 0.25) is 10.0 Å². The van der Waals surface area contributed by atoms with E-state index in [0.29, 0.717) is 10.8 Å². The van der Waals surface area contributed by atoms with Gasteiger partial charge < -0.3 is 10.2 Å². The fraction of sp³-hybridized carbons (Fsp3) is 0.348. The smallest absolute Gasteiger partial charge is 0.355 e.